The highest BCUT2D eigenvalue weighted by Gasteiger charge is 2.29. The van der Waals surface area contributed by atoms with Crippen LogP contribution in [-0.4, -0.2) is 40.1 Å². The summed E-state index contributed by atoms with van der Waals surface area (Å²) in [6.45, 7) is 6.03. The molecule has 2 aromatic heterocycles. The lowest BCUT2D eigenvalue weighted by Crippen LogP contribution is -2.14. The number of allylic oxidation sites excluding steroid dienone is 1. The Labute approximate surface area is 256 Å². The lowest BCUT2D eigenvalue weighted by molar-refractivity contribution is 0.0513. The van der Waals surface area contributed by atoms with Crippen LogP contribution in [0, 0.1) is 0 Å². The van der Waals surface area contributed by atoms with Gasteiger partial charge in [0.25, 0.3) is 0 Å². The van der Waals surface area contributed by atoms with Crippen molar-refractivity contribution in [1.29, 1.82) is 0 Å². The van der Waals surface area contributed by atoms with Gasteiger partial charge < -0.3 is 18.8 Å². The highest BCUT2D eigenvalue weighted by Crippen LogP contribution is 2.43. The molecule has 1 aliphatic rings. The first-order valence-corrected chi connectivity index (χ1v) is 15.3. The van der Waals surface area contributed by atoms with Gasteiger partial charge in [0.2, 0.25) is 0 Å². The molecule has 0 amide bonds. The maximum atomic E-state index is 13.7. The molecule has 0 aliphatic carbocycles. The van der Waals surface area contributed by atoms with Gasteiger partial charge in [0.1, 0.15) is 11.4 Å². The molecule has 0 radical (unpaired) electrons. The minimum Gasteiger partial charge on any atom is -0.493 e. The number of ether oxygens (including phenoxy) is 3. The average Bonchev–Trinajstić information content (AvgIpc) is 3.49. The Hall–Kier alpha value is -4.07. The number of fused-ring (bicyclic) bond motifs is 3. The molecular formula is C35H36ClN3O4. The Bertz CT molecular complexity index is 1830. The second kappa shape index (κ2) is 12.7. The third kappa shape index (κ3) is 5.43. The van der Waals surface area contributed by atoms with Crippen molar-refractivity contribution in [1.82, 2.24) is 14.3 Å². The van der Waals surface area contributed by atoms with Gasteiger partial charge in [-0.05, 0) is 49.3 Å². The van der Waals surface area contributed by atoms with E-state index in [4.69, 9.17) is 30.9 Å². The number of nitrogens with zero attached hydrogens (tertiary/aromatic N) is 3. The van der Waals surface area contributed by atoms with E-state index in [0.717, 1.165) is 61.9 Å². The summed E-state index contributed by atoms with van der Waals surface area (Å²) in [7, 11) is 1.95. The number of hydrogen-bond acceptors (Lipinski definition) is 5. The molecule has 0 spiro atoms. The van der Waals surface area contributed by atoms with Gasteiger partial charge in [-0.15, -0.1) is 0 Å². The predicted octanol–water partition coefficient (Wildman–Crippen LogP) is 7.69. The van der Waals surface area contributed by atoms with Gasteiger partial charge in [-0.2, -0.15) is 5.10 Å². The summed E-state index contributed by atoms with van der Waals surface area (Å²) in [6.07, 6.45) is 6.14. The van der Waals surface area contributed by atoms with Crippen LogP contribution >= 0.6 is 11.6 Å². The number of aromatic nitrogens is 3. The normalized spacial score (nSPS) is 14.0. The van der Waals surface area contributed by atoms with E-state index in [0.29, 0.717) is 49.9 Å². The van der Waals surface area contributed by atoms with Gasteiger partial charge in [0.15, 0.2) is 0 Å². The van der Waals surface area contributed by atoms with Gasteiger partial charge in [0.05, 0.1) is 42.7 Å². The van der Waals surface area contributed by atoms with E-state index in [2.05, 4.69) is 29.7 Å². The second-order valence-electron chi connectivity index (χ2n) is 10.6. The summed E-state index contributed by atoms with van der Waals surface area (Å²) in [5, 5.41) is 8.65. The third-order valence-electron chi connectivity index (χ3n) is 8.06. The van der Waals surface area contributed by atoms with Crippen molar-refractivity contribution in [3.8, 4) is 16.9 Å². The summed E-state index contributed by atoms with van der Waals surface area (Å²) in [5.41, 5.74) is 6.16. The summed E-state index contributed by atoms with van der Waals surface area (Å²) in [4.78, 5) is 13.7. The minimum atomic E-state index is -0.340. The number of aryl methyl sites for hydroxylation is 2. The van der Waals surface area contributed by atoms with Gasteiger partial charge in [-0.3, -0.25) is 4.68 Å². The molecule has 0 unspecified atom stereocenters. The standard InChI is InChI=1S/C35H36ClN3O4/c1-4-29-32-28(37-38(29)3)22-41-20-9-8-19-39-33-26(17-18-27(36)31(32)33)25(34(39)35(40)42-5-2)15-11-21-43-30-16-10-13-23-12-6-7-14-24(23)30/h6-10,12-14,16-18H,4-5,11,15,19-22H2,1-3H3/b9-8-. The predicted molar refractivity (Wildman–Crippen MR) is 171 cm³/mol. The van der Waals surface area contributed by atoms with E-state index in [1.807, 2.05) is 67.2 Å². The van der Waals surface area contributed by atoms with E-state index in [9.17, 15) is 4.79 Å². The van der Waals surface area contributed by atoms with Crippen LogP contribution in [-0.2, 0) is 42.5 Å². The van der Waals surface area contributed by atoms with E-state index in [1.165, 1.54) is 0 Å². The zero-order valence-corrected chi connectivity index (χ0v) is 25.6. The van der Waals surface area contributed by atoms with Crippen molar-refractivity contribution in [3.05, 3.63) is 94.4 Å². The second-order valence-corrected chi connectivity index (χ2v) is 11.0. The first-order chi connectivity index (χ1) is 21.0. The van der Waals surface area contributed by atoms with Crippen LogP contribution in [0.4, 0.5) is 0 Å². The van der Waals surface area contributed by atoms with Crippen LogP contribution in [0.5, 0.6) is 5.75 Å². The number of halogens is 1. The van der Waals surface area contributed by atoms with Crippen molar-refractivity contribution in [2.45, 2.75) is 46.3 Å². The van der Waals surface area contributed by atoms with Gasteiger partial charge in [0, 0.05) is 41.2 Å². The van der Waals surface area contributed by atoms with Crippen LogP contribution in [0.25, 0.3) is 32.8 Å². The molecular weight excluding hydrogens is 562 g/mol. The Balaban J connectivity index is 1.47. The first kappa shape index (κ1) is 29.0. The average molecular weight is 598 g/mol. The zero-order valence-electron chi connectivity index (χ0n) is 24.9. The Kier molecular flexibility index (Phi) is 8.54. The molecule has 0 saturated heterocycles. The number of carbonyl (C=O) groups is 1. The molecule has 222 valence electrons. The van der Waals surface area contributed by atoms with Crippen molar-refractivity contribution in [2.24, 2.45) is 7.05 Å². The van der Waals surface area contributed by atoms with Crippen LogP contribution in [0.1, 0.15) is 47.7 Å². The Morgan fingerprint density at radius 1 is 1.02 bits per heavy atom. The van der Waals surface area contributed by atoms with Gasteiger partial charge >= 0.3 is 5.97 Å². The Morgan fingerprint density at radius 2 is 1.86 bits per heavy atom. The number of esters is 1. The molecule has 0 fully saturated rings. The quantitative estimate of drug-likeness (QED) is 0.104. The van der Waals surface area contributed by atoms with Crippen molar-refractivity contribution >= 4 is 39.2 Å². The molecule has 1 aliphatic heterocycles. The van der Waals surface area contributed by atoms with Gasteiger partial charge in [-0.1, -0.05) is 73.1 Å². The molecule has 0 N–H and O–H groups in total. The summed E-state index contributed by atoms with van der Waals surface area (Å²) < 4.78 is 21.9. The summed E-state index contributed by atoms with van der Waals surface area (Å²) >= 11 is 7.04. The van der Waals surface area contributed by atoms with Crippen LogP contribution in [0.15, 0.2) is 66.7 Å². The smallest absolute Gasteiger partial charge is 0.355 e. The third-order valence-corrected chi connectivity index (χ3v) is 8.37. The molecule has 0 atom stereocenters. The summed E-state index contributed by atoms with van der Waals surface area (Å²) in [5.74, 6) is 0.519. The minimum absolute atomic E-state index is 0.286. The van der Waals surface area contributed by atoms with Crippen LogP contribution in [0.2, 0.25) is 5.02 Å². The summed E-state index contributed by atoms with van der Waals surface area (Å²) in [6, 6.07) is 18.3. The van der Waals surface area contributed by atoms with Crippen molar-refractivity contribution < 1.29 is 19.0 Å². The van der Waals surface area contributed by atoms with Crippen molar-refractivity contribution in [2.75, 3.05) is 19.8 Å². The number of rotatable bonds is 8. The molecule has 3 heterocycles. The van der Waals surface area contributed by atoms with Crippen LogP contribution < -0.4 is 4.74 Å². The fraction of sp³-hybridized carbons (Fsp3) is 0.314. The van der Waals surface area contributed by atoms with E-state index in [-0.39, 0.29) is 12.6 Å². The molecule has 7 nitrogen and oxygen atoms in total. The fourth-order valence-electron chi connectivity index (χ4n) is 6.24. The largest absolute Gasteiger partial charge is 0.493 e. The SMILES string of the molecule is CCOC(=O)c1c(CCCOc2cccc3ccccc23)c2ccc(Cl)c3c2n1C/C=C\COCc1nn(C)c(CC)c1-3. The highest BCUT2D eigenvalue weighted by molar-refractivity contribution is 6.35. The topological polar surface area (TPSA) is 67.5 Å². The number of hydrogen-bond donors (Lipinski definition) is 0. The molecule has 6 rings (SSSR count). The number of benzene rings is 3. The molecule has 0 saturated carbocycles. The Morgan fingerprint density at radius 3 is 2.70 bits per heavy atom. The molecule has 8 heteroatoms. The van der Waals surface area contributed by atoms with Gasteiger partial charge in [-0.25, -0.2) is 4.79 Å². The van der Waals surface area contributed by atoms with Crippen molar-refractivity contribution in [3.63, 3.8) is 0 Å². The molecule has 43 heavy (non-hydrogen) atoms. The zero-order chi connectivity index (χ0) is 29.9. The highest BCUT2D eigenvalue weighted by atomic mass is 35.5. The lowest BCUT2D eigenvalue weighted by Gasteiger charge is -2.14. The monoisotopic (exact) mass is 597 g/mol. The maximum absolute atomic E-state index is 13.7. The molecule has 0 bridgehead atoms. The lowest BCUT2D eigenvalue weighted by atomic mass is 9.97. The van der Waals surface area contributed by atoms with E-state index in [1.54, 1.807) is 0 Å². The molecule has 5 aromatic rings. The number of carbonyl (C=O) groups excluding carboxylic acids is 1. The molecule has 3 aromatic carbocycles. The van der Waals surface area contributed by atoms with E-state index >= 15 is 0 Å². The first-order valence-electron chi connectivity index (χ1n) is 14.9. The van der Waals surface area contributed by atoms with Crippen LogP contribution in [0.3, 0.4) is 0 Å². The maximum Gasteiger partial charge on any atom is 0.355 e. The van der Waals surface area contributed by atoms with E-state index < -0.39 is 0 Å². The fourth-order valence-corrected chi connectivity index (χ4v) is 6.49.